The van der Waals surface area contributed by atoms with E-state index < -0.39 is 4.92 Å². The highest BCUT2D eigenvalue weighted by molar-refractivity contribution is 9.09. The Morgan fingerprint density at radius 3 is 2.88 bits per heavy atom. The van der Waals surface area contributed by atoms with Crippen molar-refractivity contribution >= 4 is 27.5 Å². The first-order chi connectivity index (χ1) is 7.58. The lowest BCUT2D eigenvalue weighted by atomic mass is 10.2. The second kappa shape index (κ2) is 5.64. The number of aromatic nitrogens is 1. The van der Waals surface area contributed by atoms with Crippen LogP contribution in [0.4, 0.5) is 5.69 Å². The van der Waals surface area contributed by atoms with Crippen LogP contribution in [0.1, 0.15) is 23.8 Å². The van der Waals surface area contributed by atoms with Crippen molar-refractivity contribution in [3.8, 4) is 0 Å². The molecule has 88 valence electrons. The average molecular weight is 290 g/mol. The number of rotatable bonds is 5. The molecule has 0 aliphatic heterocycles. The molecule has 1 aromatic heterocycles. The summed E-state index contributed by atoms with van der Waals surface area (Å²) in [6, 6.07) is 1.24. The van der Waals surface area contributed by atoms with E-state index in [1.807, 2.05) is 6.92 Å². The monoisotopic (exact) mass is 289 g/mol. The molecule has 0 saturated carbocycles. The SMILES string of the molecule is CCC(CBr)NC(=O)c1cc([N+](=O)[O-])c[nH]1. The minimum absolute atomic E-state index is 0.0230. The molecule has 16 heavy (non-hydrogen) atoms. The van der Waals surface area contributed by atoms with Crippen LogP contribution in [-0.2, 0) is 0 Å². The number of carbonyl (C=O) groups excluding carboxylic acids is 1. The largest absolute Gasteiger partial charge is 0.351 e. The van der Waals surface area contributed by atoms with E-state index in [0.29, 0.717) is 5.33 Å². The summed E-state index contributed by atoms with van der Waals surface area (Å²) in [5, 5.41) is 13.8. The van der Waals surface area contributed by atoms with Gasteiger partial charge in [-0.3, -0.25) is 14.9 Å². The number of nitro groups is 1. The fraction of sp³-hybridized carbons (Fsp3) is 0.444. The molecule has 0 aliphatic carbocycles. The Bertz CT molecular complexity index is 387. The molecule has 0 fully saturated rings. The fourth-order valence-corrected chi connectivity index (χ4v) is 1.75. The predicted octanol–water partition coefficient (Wildman–Crippen LogP) is 1.83. The van der Waals surface area contributed by atoms with Gasteiger partial charge in [-0.2, -0.15) is 0 Å². The van der Waals surface area contributed by atoms with E-state index in [0.717, 1.165) is 6.42 Å². The summed E-state index contributed by atoms with van der Waals surface area (Å²) in [7, 11) is 0. The van der Waals surface area contributed by atoms with E-state index in [9.17, 15) is 14.9 Å². The van der Waals surface area contributed by atoms with E-state index in [1.165, 1.54) is 12.3 Å². The summed E-state index contributed by atoms with van der Waals surface area (Å²) in [4.78, 5) is 24.1. The van der Waals surface area contributed by atoms with Crippen molar-refractivity contribution in [1.29, 1.82) is 0 Å². The molecule has 0 radical (unpaired) electrons. The second-order valence-corrected chi connectivity index (χ2v) is 3.91. The third-order valence-corrected chi connectivity index (χ3v) is 2.92. The maximum absolute atomic E-state index is 11.6. The predicted molar refractivity (Wildman–Crippen MR) is 62.8 cm³/mol. The number of carbonyl (C=O) groups is 1. The zero-order valence-electron chi connectivity index (χ0n) is 8.70. The van der Waals surface area contributed by atoms with Crippen molar-refractivity contribution in [3.05, 3.63) is 28.1 Å². The highest BCUT2D eigenvalue weighted by Crippen LogP contribution is 2.12. The van der Waals surface area contributed by atoms with Crippen LogP contribution in [0.3, 0.4) is 0 Å². The Kier molecular flexibility index (Phi) is 4.48. The van der Waals surface area contributed by atoms with Gasteiger partial charge in [0.25, 0.3) is 11.6 Å². The Hall–Kier alpha value is -1.37. The van der Waals surface area contributed by atoms with Gasteiger partial charge < -0.3 is 10.3 Å². The number of H-pyrrole nitrogens is 1. The third kappa shape index (κ3) is 3.06. The van der Waals surface area contributed by atoms with Crippen LogP contribution in [0.2, 0.25) is 0 Å². The van der Waals surface area contributed by atoms with E-state index >= 15 is 0 Å². The number of aromatic amines is 1. The lowest BCUT2D eigenvalue weighted by molar-refractivity contribution is -0.384. The molecule has 1 aromatic rings. The summed E-state index contributed by atoms with van der Waals surface area (Å²) in [6.07, 6.45) is 1.99. The van der Waals surface area contributed by atoms with Crippen molar-refractivity contribution < 1.29 is 9.72 Å². The lowest BCUT2D eigenvalue weighted by Crippen LogP contribution is -2.35. The minimum Gasteiger partial charge on any atom is -0.351 e. The number of alkyl halides is 1. The summed E-state index contributed by atoms with van der Waals surface area (Å²) >= 11 is 3.27. The minimum atomic E-state index is -0.547. The highest BCUT2D eigenvalue weighted by atomic mass is 79.9. The van der Waals surface area contributed by atoms with Gasteiger partial charge in [-0.05, 0) is 6.42 Å². The van der Waals surface area contributed by atoms with Crippen molar-refractivity contribution in [2.75, 3.05) is 5.33 Å². The van der Waals surface area contributed by atoms with Crippen LogP contribution in [0, 0.1) is 10.1 Å². The zero-order valence-corrected chi connectivity index (χ0v) is 10.3. The number of nitrogens with zero attached hydrogens (tertiary/aromatic N) is 1. The zero-order chi connectivity index (χ0) is 12.1. The average Bonchev–Trinajstić information content (AvgIpc) is 2.74. The lowest BCUT2D eigenvalue weighted by Gasteiger charge is -2.12. The normalized spacial score (nSPS) is 12.1. The van der Waals surface area contributed by atoms with E-state index in [1.54, 1.807) is 0 Å². The van der Waals surface area contributed by atoms with Crippen LogP contribution in [0.15, 0.2) is 12.3 Å². The summed E-state index contributed by atoms with van der Waals surface area (Å²) in [5.41, 5.74) is 0.0862. The smallest absolute Gasteiger partial charge is 0.287 e. The Morgan fingerprint density at radius 1 is 1.75 bits per heavy atom. The molecule has 6 nitrogen and oxygen atoms in total. The van der Waals surface area contributed by atoms with Crippen molar-refractivity contribution in [2.24, 2.45) is 0 Å². The van der Waals surface area contributed by atoms with Gasteiger partial charge in [0.2, 0.25) is 0 Å². The first-order valence-corrected chi connectivity index (χ1v) is 5.90. The molecule has 0 aliphatic rings. The molecule has 1 unspecified atom stereocenters. The molecule has 1 heterocycles. The standard InChI is InChI=1S/C9H12BrN3O3/c1-2-6(4-10)12-9(14)8-3-7(5-11-8)13(15)16/h3,5-6,11H,2,4H2,1H3,(H,12,14). The first kappa shape index (κ1) is 12.7. The molecule has 2 N–H and O–H groups in total. The Labute approximate surface area is 101 Å². The number of nitrogens with one attached hydrogen (secondary N) is 2. The number of halogens is 1. The summed E-state index contributed by atoms with van der Waals surface area (Å²) in [6.45, 7) is 1.95. The molecular formula is C9H12BrN3O3. The molecule has 1 amide bonds. The van der Waals surface area contributed by atoms with Crippen molar-refractivity contribution in [2.45, 2.75) is 19.4 Å². The quantitative estimate of drug-likeness (QED) is 0.492. The molecule has 0 spiro atoms. The molecule has 7 heteroatoms. The Morgan fingerprint density at radius 2 is 2.44 bits per heavy atom. The maximum Gasteiger partial charge on any atom is 0.287 e. The van der Waals surface area contributed by atoms with Crippen molar-refractivity contribution in [1.82, 2.24) is 10.3 Å². The number of hydrogen-bond acceptors (Lipinski definition) is 3. The van der Waals surface area contributed by atoms with Gasteiger partial charge in [0, 0.05) is 17.4 Å². The number of amides is 1. The maximum atomic E-state index is 11.6. The molecule has 0 aromatic carbocycles. The van der Waals surface area contributed by atoms with E-state index in [4.69, 9.17) is 0 Å². The topological polar surface area (TPSA) is 88.0 Å². The van der Waals surface area contributed by atoms with E-state index in [-0.39, 0.29) is 23.3 Å². The molecule has 1 rings (SSSR count). The molecule has 1 atom stereocenters. The molecule has 0 bridgehead atoms. The van der Waals surface area contributed by atoms with Gasteiger partial charge in [0.05, 0.1) is 11.1 Å². The van der Waals surface area contributed by atoms with Crippen LogP contribution in [-0.4, -0.2) is 27.2 Å². The fourth-order valence-electron chi connectivity index (χ4n) is 1.13. The van der Waals surface area contributed by atoms with Gasteiger partial charge in [0.1, 0.15) is 5.69 Å². The van der Waals surface area contributed by atoms with Crippen LogP contribution < -0.4 is 5.32 Å². The van der Waals surface area contributed by atoms with Crippen LogP contribution >= 0.6 is 15.9 Å². The summed E-state index contributed by atoms with van der Waals surface area (Å²) < 4.78 is 0. The summed E-state index contributed by atoms with van der Waals surface area (Å²) in [5.74, 6) is -0.334. The van der Waals surface area contributed by atoms with Gasteiger partial charge in [-0.15, -0.1) is 0 Å². The molecular weight excluding hydrogens is 278 g/mol. The first-order valence-electron chi connectivity index (χ1n) is 4.78. The van der Waals surface area contributed by atoms with Crippen molar-refractivity contribution in [3.63, 3.8) is 0 Å². The van der Waals surface area contributed by atoms with Gasteiger partial charge in [0.15, 0.2) is 0 Å². The van der Waals surface area contributed by atoms with E-state index in [2.05, 4.69) is 26.2 Å². The van der Waals surface area contributed by atoms with Gasteiger partial charge >= 0.3 is 0 Å². The second-order valence-electron chi connectivity index (χ2n) is 3.26. The van der Waals surface area contributed by atoms with Crippen LogP contribution in [0.25, 0.3) is 0 Å². The molecule has 0 saturated heterocycles. The highest BCUT2D eigenvalue weighted by Gasteiger charge is 2.16. The van der Waals surface area contributed by atoms with Gasteiger partial charge in [-0.1, -0.05) is 22.9 Å². The number of hydrogen-bond donors (Lipinski definition) is 2. The van der Waals surface area contributed by atoms with Gasteiger partial charge in [-0.25, -0.2) is 0 Å². The Balaban J connectivity index is 2.69. The van der Waals surface area contributed by atoms with Crippen LogP contribution in [0.5, 0.6) is 0 Å². The third-order valence-electron chi connectivity index (χ3n) is 2.14.